The molecule has 0 N–H and O–H groups in total. The first-order valence-electron chi connectivity index (χ1n) is 7.95. The smallest absolute Gasteiger partial charge is 0.129 e. The van der Waals surface area contributed by atoms with E-state index in [0.717, 1.165) is 25.1 Å². The van der Waals surface area contributed by atoms with E-state index in [-0.39, 0.29) is 0 Å². The van der Waals surface area contributed by atoms with E-state index in [1.165, 1.54) is 22.9 Å². The second kappa shape index (κ2) is 7.16. The van der Waals surface area contributed by atoms with Crippen LogP contribution in [0.15, 0.2) is 48.8 Å². The molecule has 1 aromatic carbocycles. The number of rotatable bonds is 6. The molecule has 0 amide bonds. The first-order valence-corrected chi connectivity index (χ1v) is 8.33. The van der Waals surface area contributed by atoms with E-state index in [0.29, 0.717) is 5.15 Å². The molecular weight excluding hydrogens is 306 g/mol. The molecule has 0 atom stereocenters. The summed E-state index contributed by atoms with van der Waals surface area (Å²) in [5.41, 5.74) is 3.86. The van der Waals surface area contributed by atoms with E-state index in [9.17, 15) is 0 Å². The minimum Gasteiger partial charge on any atom is -0.343 e. The highest BCUT2D eigenvalue weighted by atomic mass is 35.5. The molecule has 0 aliphatic rings. The number of hydrogen-bond donors (Lipinski definition) is 0. The van der Waals surface area contributed by atoms with Crippen LogP contribution < -0.4 is 0 Å². The Morgan fingerprint density at radius 2 is 1.96 bits per heavy atom. The lowest BCUT2D eigenvalue weighted by atomic mass is 10.1. The number of halogens is 1. The molecule has 0 fully saturated rings. The van der Waals surface area contributed by atoms with Gasteiger partial charge in [-0.1, -0.05) is 35.9 Å². The third-order valence-corrected chi connectivity index (χ3v) is 4.29. The van der Waals surface area contributed by atoms with Crippen LogP contribution >= 0.6 is 11.6 Å². The van der Waals surface area contributed by atoms with E-state index in [1.54, 1.807) is 0 Å². The normalized spacial score (nSPS) is 11.5. The minimum absolute atomic E-state index is 0.537. The van der Waals surface area contributed by atoms with E-state index >= 15 is 0 Å². The van der Waals surface area contributed by atoms with E-state index in [2.05, 4.69) is 59.0 Å². The van der Waals surface area contributed by atoms with Gasteiger partial charge in [-0.3, -0.25) is 0 Å². The van der Waals surface area contributed by atoms with Gasteiger partial charge in [0.25, 0.3) is 0 Å². The van der Waals surface area contributed by atoms with Crippen LogP contribution in [0.3, 0.4) is 0 Å². The number of para-hydroxylation sites is 1. The maximum atomic E-state index is 5.87. The maximum absolute atomic E-state index is 5.87. The van der Waals surface area contributed by atoms with Crippen LogP contribution in [0, 0.1) is 0 Å². The summed E-state index contributed by atoms with van der Waals surface area (Å²) in [4.78, 5) is 6.41. The maximum Gasteiger partial charge on any atom is 0.129 e. The fraction of sp³-hybridized carbons (Fsp3) is 0.316. The van der Waals surface area contributed by atoms with Crippen molar-refractivity contribution in [3.63, 3.8) is 0 Å². The largest absolute Gasteiger partial charge is 0.343 e. The summed E-state index contributed by atoms with van der Waals surface area (Å²) in [7, 11) is 4.24. The van der Waals surface area contributed by atoms with Crippen molar-refractivity contribution in [3.05, 3.63) is 65.1 Å². The van der Waals surface area contributed by atoms with Gasteiger partial charge in [0.1, 0.15) is 5.15 Å². The Bertz CT molecular complexity index is 775. The standard InChI is InChI=1S/C19H22ClN3/c1-22(2)11-5-6-16-14-23(18-8-4-3-7-17(16)18)13-15-9-10-19(20)21-12-15/h3-4,7-10,12,14H,5-6,11,13H2,1-2H3. The lowest BCUT2D eigenvalue weighted by Crippen LogP contribution is -2.13. The average Bonchev–Trinajstić information content (AvgIpc) is 2.88. The first kappa shape index (κ1) is 16.0. The predicted octanol–water partition coefficient (Wildman–Crippen LogP) is 4.23. The Balaban J connectivity index is 1.86. The molecule has 3 aromatic rings. The Labute approximate surface area is 142 Å². The van der Waals surface area contributed by atoms with Gasteiger partial charge < -0.3 is 9.47 Å². The number of pyridine rings is 1. The molecule has 120 valence electrons. The average molecular weight is 328 g/mol. The third-order valence-electron chi connectivity index (χ3n) is 4.06. The Hall–Kier alpha value is -1.84. The lowest BCUT2D eigenvalue weighted by molar-refractivity contribution is 0.400. The number of aryl methyl sites for hydroxylation is 1. The monoisotopic (exact) mass is 327 g/mol. The van der Waals surface area contributed by atoms with Gasteiger partial charge in [-0.05, 0) is 56.7 Å². The van der Waals surface area contributed by atoms with Crippen molar-refractivity contribution < 1.29 is 0 Å². The minimum atomic E-state index is 0.537. The van der Waals surface area contributed by atoms with Crippen molar-refractivity contribution in [1.29, 1.82) is 0 Å². The molecular formula is C19H22ClN3. The zero-order valence-corrected chi connectivity index (χ0v) is 14.4. The van der Waals surface area contributed by atoms with Crippen LogP contribution in [-0.4, -0.2) is 35.1 Å². The lowest BCUT2D eigenvalue weighted by Gasteiger charge is -2.08. The van der Waals surface area contributed by atoms with Gasteiger partial charge in [0.05, 0.1) is 0 Å². The van der Waals surface area contributed by atoms with Crippen molar-refractivity contribution in [2.45, 2.75) is 19.4 Å². The van der Waals surface area contributed by atoms with Crippen LogP contribution in [0.5, 0.6) is 0 Å². The molecule has 0 aliphatic carbocycles. The van der Waals surface area contributed by atoms with Gasteiger partial charge in [-0.15, -0.1) is 0 Å². The molecule has 3 rings (SSSR count). The van der Waals surface area contributed by atoms with Crippen molar-refractivity contribution in [2.75, 3.05) is 20.6 Å². The summed E-state index contributed by atoms with van der Waals surface area (Å²) < 4.78 is 2.31. The number of benzene rings is 1. The zero-order chi connectivity index (χ0) is 16.2. The van der Waals surface area contributed by atoms with Gasteiger partial charge in [0.15, 0.2) is 0 Å². The van der Waals surface area contributed by atoms with E-state index in [4.69, 9.17) is 11.6 Å². The number of hydrogen-bond acceptors (Lipinski definition) is 2. The molecule has 0 saturated carbocycles. The summed E-state index contributed by atoms with van der Waals surface area (Å²) in [6.45, 7) is 1.93. The molecule has 0 radical (unpaired) electrons. The summed E-state index contributed by atoms with van der Waals surface area (Å²) >= 11 is 5.87. The summed E-state index contributed by atoms with van der Waals surface area (Å²) in [5.74, 6) is 0. The molecule has 0 spiro atoms. The van der Waals surface area contributed by atoms with Crippen LogP contribution in [0.25, 0.3) is 10.9 Å². The van der Waals surface area contributed by atoms with Crippen LogP contribution in [0.2, 0.25) is 5.15 Å². The number of nitrogens with zero attached hydrogens (tertiary/aromatic N) is 3. The molecule has 23 heavy (non-hydrogen) atoms. The van der Waals surface area contributed by atoms with Gasteiger partial charge >= 0.3 is 0 Å². The number of aromatic nitrogens is 2. The fourth-order valence-electron chi connectivity index (χ4n) is 2.94. The second-order valence-corrected chi connectivity index (χ2v) is 6.58. The Morgan fingerprint density at radius 3 is 2.70 bits per heavy atom. The van der Waals surface area contributed by atoms with Crippen LogP contribution in [0.4, 0.5) is 0 Å². The van der Waals surface area contributed by atoms with Gasteiger partial charge in [0.2, 0.25) is 0 Å². The SMILES string of the molecule is CN(C)CCCc1cn(Cc2ccc(Cl)nc2)c2ccccc12. The molecule has 2 heterocycles. The summed E-state index contributed by atoms with van der Waals surface area (Å²) in [5, 5.41) is 1.89. The quantitative estimate of drug-likeness (QED) is 0.632. The highest BCUT2D eigenvalue weighted by Gasteiger charge is 2.08. The van der Waals surface area contributed by atoms with Gasteiger partial charge in [-0.25, -0.2) is 4.98 Å². The third kappa shape index (κ3) is 3.92. The molecule has 3 nitrogen and oxygen atoms in total. The summed E-state index contributed by atoms with van der Waals surface area (Å²) in [6, 6.07) is 12.5. The second-order valence-electron chi connectivity index (χ2n) is 6.20. The summed E-state index contributed by atoms with van der Waals surface area (Å²) in [6.07, 6.45) is 6.41. The molecule has 0 saturated heterocycles. The molecule has 4 heteroatoms. The highest BCUT2D eigenvalue weighted by molar-refractivity contribution is 6.29. The van der Waals surface area contributed by atoms with Crippen molar-refractivity contribution >= 4 is 22.5 Å². The first-order chi connectivity index (χ1) is 11.1. The van der Waals surface area contributed by atoms with Gasteiger partial charge in [0, 0.05) is 29.8 Å². The fourth-order valence-corrected chi connectivity index (χ4v) is 3.05. The molecule has 0 bridgehead atoms. The highest BCUT2D eigenvalue weighted by Crippen LogP contribution is 2.23. The Kier molecular flexibility index (Phi) is 4.99. The Morgan fingerprint density at radius 1 is 1.13 bits per heavy atom. The molecule has 2 aromatic heterocycles. The topological polar surface area (TPSA) is 21.1 Å². The zero-order valence-electron chi connectivity index (χ0n) is 13.7. The van der Waals surface area contributed by atoms with Crippen molar-refractivity contribution in [1.82, 2.24) is 14.5 Å². The van der Waals surface area contributed by atoms with E-state index < -0.39 is 0 Å². The van der Waals surface area contributed by atoms with Crippen molar-refractivity contribution in [2.24, 2.45) is 0 Å². The van der Waals surface area contributed by atoms with Crippen molar-refractivity contribution in [3.8, 4) is 0 Å². The predicted molar refractivity (Wildman–Crippen MR) is 97.2 cm³/mol. The van der Waals surface area contributed by atoms with Gasteiger partial charge in [-0.2, -0.15) is 0 Å². The van der Waals surface area contributed by atoms with Crippen LogP contribution in [-0.2, 0) is 13.0 Å². The molecule has 0 unspecified atom stereocenters. The van der Waals surface area contributed by atoms with Crippen LogP contribution in [0.1, 0.15) is 17.5 Å². The van der Waals surface area contributed by atoms with E-state index in [1.807, 2.05) is 18.3 Å². The molecule has 0 aliphatic heterocycles. The number of fused-ring (bicyclic) bond motifs is 1.